The molecule has 0 radical (unpaired) electrons. The van der Waals surface area contributed by atoms with Crippen molar-refractivity contribution in [2.45, 2.75) is 126 Å². The van der Waals surface area contributed by atoms with Crippen LogP contribution < -0.4 is 0 Å². The second-order valence-corrected chi connectivity index (χ2v) is 19.0. The number of likely N-dealkylation sites (N-methyl/N-ethyl adjacent to an activating group) is 2. The molecule has 12 heteroatoms. The highest BCUT2D eigenvalue weighted by atomic mass is 16.6. The van der Waals surface area contributed by atoms with Crippen LogP contribution in [-0.4, -0.2) is 108 Å². The number of nitrogens with zero attached hydrogens (tertiary/aromatic N) is 2. The summed E-state index contributed by atoms with van der Waals surface area (Å²) in [7, 11) is 3.09. The van der Waals surface area contributed by atoms with Crippen LogP contribution in [0.15, 0.2) is 11.6 Å². The molecule has 0 aromatic rings. The number of carboxylic acids is 3. The summed E-state index contributed by atoms with van der Waals surface area (Å²) < 4.78 is 12.1. The average Bonchev–Trinajstić information content (AvgIpc) is 3.09. The first-order valence-electron chi connectivity index (χ1n) is 20.5. The van der Waals surface area contributed by atoms with Crippen LogP contribution >= 0.6 is 0 Å². The van der Waals surface area contributed by atoms with Crippen molar-refractivity contribution >= 4 is 29.8 Å². The lowest BCUT2D eigenvalue weighted by molar-refractivity contribution is -0.227. The van der Waals surface area contributed by atoms with Gasteiger partial charge in [0, 0.05) is 5.41 Å². The molecule has 0 saturated heterocycles. The maximum absolute atomic E-state index is 13.3. The van der Waals surface area contributed by atoms with Crippen molar-refractivity contribution in [3.63, 3.8) is 0 Å². The van der Waals surface area contributed by atoms with E-state index < -0.39 is 46.8 Å². The van der Waals surface area contributed by atoms with Gasteiger partial charge in [-0.05, 0) is 118 Å². The van der Waals surface area contributed by atoms with E-state index >= 15 is 0 Å². The fraction of sp³-hybridized carbons (Fsp3) is 0.795. The highest BCUT2D eigenvalue weighted by molar-refractivity contribution is 5.77. The average molecular weight is 787 g/mol. The fourth-order valence-corrected chi connectivity index (χ4v) is 12.3. The Morgan fingerprint density at radius 3 is 1.86 bits per heavy atom. The Morgan fingerprint density at radius 2 is 1.30 bits per heavy atom. The standard InChI is InChI=1S/C40H62N2O10.C2H6.C2H2/c1-35(2)15-17-40(34(49)50)18-16-38(5)25(26(40)19-35)9-10-28-36(3)13-12-29(52-33(48)23-42(8)21-31(45)46)37(4,27(36)11-14-39(28,38)6)24-51-32(47)22-41(7)20-30(43)44;2*1-2/h9,26-29H,10-24H2,1-8H3,(H,43,44)(H,45,46)(H,49,50);1-2H3;1-2H/t26-,27?,28?,29-,36-,37-,38+,39+,40-;;/m0../s1. The van der Waals surface area contributed by atoms with Gasteiger partial charge in [-0.1, -0.05) is 67.0 Å². The predicted molar refractivity (Wildman–Crippen MR) is 213 cm³/mol. The van der Waals surface area contributed by atoms with Crippen molar-refractivity contribution in [1.82, 2.24) is 9.80 Å². The minimum absolute atomic E-state index is 0.00398. The van der Waals surface area contributed by atoms with E-state index in [1.165, 1.54) is 15.4 Å². The number of ether oxygens (including phenoxy) is 2. The van der Waals surface area contributed by atoms with Gasteiger partial charge in [0.2, 0.25) is 0 Å². The van der Waals surface area contributed by atoms with E-state index in [4.69, 9.17) is 9.47 Å². The van der Waals surface area contributed by atoms with Crippen LogP contribution in [0.3, 0.4) is 0 Å². The Bertz CT molecular complexity index is 1540. The molecule has 0 amide bonds. The molecule has 5 aliphatic carbocycles. The van der Waals surface area contributed by atoms with E-state index in [1.807, 2.05) is 20.8 Å². The summed E-state index contributed by atoms with van der Waals surface area (Å²) in [6, 6.07) is 0. The van der Waals surface area contributed by atoms with E-state index in [2.05, 4.69) is 53.5 Å². The third-order valence-corrected chi connectivity index (χ3v) is 15.2. The lowest BCUT2D eigenvalue weighted by Gasteiger charge is -2.71. The summed E-state index contributed by atoms with van der Waals surface area (Å²) in [4.78, 5) is 64.6. The van der Waals surface area contributed by atoms with Crippen molar-refractivity contribution in [3.05, 3.63) is 11.6 Å². The van der Waals surface area contributed by atoms with Gasteiger partial charge in [-0.3, -0.25) is 33.8 Å². The third-order valence-electron chi connectivity index (χ3n) is 15.2. The van der Waals surface area contributed by atoms with E-state index in [1.54, 1.807) is 14.1 Å². The van der Waals surface area contributed by atoms with Crippen LogP contribution in [0.25, 0.3) is 0 Å². The lowest BCUT2D eigenvalue weighted by Crippen LogP contribution is -2.66. The molecule has 0 heterocycles. The van der Waals surface area contributed by atoms with Crippen LogP contribution in [0, 0.1) is 63.1 Å². The summed E-state index contributed by atoms with van der Waals surface area (Å²) in [6.45, 7) is 16.8. The van der Waals surface area contributed by atoms with Crippen molar-refractivity contribution in [1.29, 1.82) is 0 Å². The molecule has 0 aromatic heterocycles. The molecule has 56 heavy (non-hydrogen) atoms. The van der Waals surface area contributed by atoms with Gasteiger partial charge in [0.05, 0.1) is 31.6 Å². The molecule has 4 saturated carbocycles. The van der Waals surface area contributed by atoms with E-state index in [0.717, 1.165) is 44.9 Å². The smallest absolute Gasteiger partial charge is 0.320 e. The Labute approximate surface area is 335 Å². The predicted octanol–water partition coefficient (Wildman–Crippen LogP) is 6.62. The van der Waals surface area contributed by atoms with Crippen molar-refractivity contribution in [2.24, 2.45) is 50.2 Å². The van der Waals surface area contributed by atoms with Gasteiger partial charge in [-0.25, -0.2) is 0 Å². The number of esters is 2. The maximum Gasteiger partial charge on any atom is 0.320 e. The number of carbonyl (C=O) groups is 5. The van der Waals surface area contributed by atoms with Gasteiger partial charge in [-0.2, -0.15) is 0 Å². The third kappa shape index (κ3) is 8.69. The van der Waals surface area contributed by atoms with Crippen LogP contribution in [0.2, 0.25) is 0 Å². The summed E-state index contributed by atoms with van der Waals surface area (Å²) in [5, 5.41) is 29.1. The van der Waals surface area contributed by atoms with Gasteiger partial charge in [0.1, 0.15) is 12.7 Å². The monoisotopic (exact) mass is 787 g/mol. The lowest BCUT2D eigenvalue weighted by atomic mass is 9.33. The first-order valence-corrected chi connectivity index (χ1v) is 20.5. The summed E-state index contributed by atoms with van der Waals surface area (Å²) in [5.74, 6) is -3.55. The van der Waals surface area contributed by atoms with Crippen LogP contribution in [0.1, 0.15) is 120 Å². The van der Waals surface area contributed by atoms with Gasteiger partial charge >= 0.3 is 29.8 Å². The molecule has 0 spiro atoms. The molecule has 0 aromatic carbocycles. The zero-order valence-corrected chi connectivity index (χ0v) is 35.7. The number of hydrogen-bond acceptors (Lipinski definition) is 9. The fourth-order valence-electron chi connectivity index (χ4n) is 12.3. The number of rotatable bonds is 12. The molecule has 12 nitrogen and oxygen atoms in total. The summed E-state index contributed by atoms with van der Waals surface area (Å²) in [6.07, 6.45) is 17.7. The minimum Gasteiger partial charge on any atom is -0.481 e. The largest absolute Gasteiger partial charge is 0.481 e. The van der Waals surface area contributed by atoms with E-state index in [9.17, 15) is 39.3 Å². The Balaban J connectivity index is 0.00000204. The molecule has 9 atom stereocenters. The SMILES string of the molecule is C#C.CC.CN(CC(=O)O)CC(=O)OC[C@@]1(C)C2CC[C@]3(C)C(CC=C4[C@@H]5CC(C)(C)CC[C@]5(C(=O)O)CC[C@]43C)[C@@]2(C)CC[C@@H]1OC(=O)CN(C)CC(=O)O. The van der Waals surface area contributed by atoms with Crippen molar-refractivity contribution in [3.8, 4) is 12.8 Å². The zero-order chi connectivity index (χ0) is 42.7. The maximum atomic E-state index is 13.3. The van der Waals surface area contributed by atoms with Gasteiger partial charge in [0.25, 0.3) is 0 Å². The Kier molecular flexibility index (Phi) is 14.8. The Hall–Kier alpha value is -3.43. The number of terminal acetylenes is 1. The van der Waals surface area contributed by atoms with E-state index in [-0.39, 0.29) is 72.2 Å². The highest BCUT2D eigenvalue weighted by Crippen LogP contribution is 2.76. The van der Waals surface area contributed by atoms with Crippen molar-refractivity contribution < 1.29 is 48.8 Å². The number of fused-ring (bicyclic) bond motifs is 7. The van der Waals surface area contributed by atoms with Crippen LogP contribution in [0.4, 0.5) is 0 Å². The molecule has 5 rings (SSSR count). The van der Waals surface area contributed by atoms with Gasteiger partial charge < -0.3 is 24.8 Å². The summed E-state index contributed by atoms with van der Waals surface area (Å²) in [5.41, 5.74) is -0.540. The molecule has 316 valence electrons. The van der Waals surface area contributed by atoms with Crippen LogP contribution in [0.5, 0.6) is 0 Å². The first kappa shape index (κ1) is 46.9. The van der Waals surface area contributed by atoms with Gasteiger partial charge in [0.15, 0.2) is 0 Å². The number of carboxylic acid groups (broad SMARTS) is 3. The molecule has 3 N–H and O–H groups in total. The number of allylic oxidation sites excluding steroid dienone is 2. The first-order chi connectivity index (χ1) is 26.0. The molecule has 4 fully saturated rings. The van der Waals surface area contributed by atoms with Gasteiger partial charge in [-0.15, -0.1) is 12.8 Å². The number of carbonyl (C=O) groups excluding carboxylic acids is 2. The second kappa shape index (κ2) is 17.6. The quantitative estimate of drug-likeness (QED) is 0.110. The molecule has 2 unspecified atom stereocenters. The molecule has 0 aliphatic heterocycles. The highest BCUT2D eigenvalue weighted by Gasteiger charge is 2.70. The minimum atomic E-state index is -1.05. The summed E-state index contributed by atoms with van der Waals surface area (Å²) >= 11 is 0. The second-order valence-electron chi connectivity index (χ2n) is 19.0. The molecule has 5 aliphatic rings. The normalized spacial score (nSPS) is 36.6. The van der Waals surface area contributed by atoms with Crippen molar-refractivity contribution in [2.75, 3.05) is 46.9 Å². The van der Waals surface area contributed by atoms with Crippen LogP contribution in [-0.2, 0) is 33.4 Å². The van der Waals surface area contributed by atoms with E-state index in [0.29, 0.717) is 19.3 Å². The molecule has 0 bridgehead atoms. The zero-order valence-electron chi connectivity index (χ0n) is 35.7. The molecular weight excluding hydrogens is 716 g/mol. The number of hydrogen-bond donors (Lipinski definition) is 3. The molecular formula is C44H70N2O10. The topological polar surface area (TPSA) is 171 Å². The number of aliphatic carboxylic acids is 3. The Morgan fingerprint density at radius 1 is 0.750 bits per heavy atom.